The first kappa shape index (κ1) is 23.4. The van der Waals surface area contributed by atoms with Crippen LogP contribution in [0.25, 0.3) is 0 Å². The highest BCUT2D eigenvalue weighted by Crippen LogP contribution is 2.31. The van der Waals surface area contributed by atoms with Crippen molar-refractivity contribution in [1.29, 1.82) is 0 Å². The van der Waals surface area contributed by atoms with E-state index in [-0.39, 0.29) is 11.9 Å². The van der Waals surface area contributed by atoms with Gasteiger partial charge in [-0.15, -0.1) is 0 Å². The van der Waals surface area contributed by atoms with Crippen molar-refractivity contribution in [3.8, 4) is 17.2 Å². The number of pyridine rings is 1. The summed E-state index contributed by atoms with van der Waals surface area (Å²) in [6, 6.07) is 15.8. The van der Waals surface area contributed by atoms with E-state index in [4.69, 9.17) is 14.2 Å². The molecule has 1 fully saturated rings. The van der Waals surface area contributed by atoms with Crippen LogP contribution in [0.2, 0.25) is 0 Å². The second kappa shape index (κ2) is 10.6. The average molecular weight is 502 g/mol. The van der Waals surface area contributed by atoms with E-state index >= 15 is 0 Å². The number of benzene rings is 2. The van der Waals surface area contributed by atoms with Gasteiger partial charge >= 0.3 is 0 Å². The first-order valence-corrected chi connectivity index (χ1v) is 12.8. The Morgan fingerprint density at radius 2 is 1.84 bits per heavy atom. The van der Waals surface area contributed by atoms with Crippen LogP contribution in [0.4, 0.5) is 11.5 Å². The van der Waals surface area contributed by atoms with Crippen molar-refractivity contribution >= 4 is 17.4 Å². The Hall–Kier alpha value is -3.98. The van der Waals surface area contributed by atoms with Crippen LogP contribution < -0.4 is 35.1 Å². The predicted octanol–water partition coefficient (Wildman–Crippen LogP) is 2.61. The summed E-state index contributed by atoms with van der Waals surface area (Å²) < 4.78 is 17.2. The van der Waals surface area contributed by atoms with Crippen LogP contribution in [-0.4, -0.2) is 62.9 Å². The number of amides is 1. The van der Waals surface area contributed by atoms with Gasteiger partial charge in [0.25, 0.3) is 5.91 Å². The normalized spacial score (nSPS) is 18.4. The van der Waals surface area contributed by atoms with Crippen LogP contribution in [0.15, 0.2) is 54.7 Å². The predicted molar refractivity (Wildman–Crippen MR) is 141 cm³/mol. The lowest BCUT2D eigenvalue weighted by atomic mass is 10.0. The molecule has 192 valence electrons. The van der Waals surface area contributed by atoms with E-state index in [1.165, 1.54) is 5.69 Å². The first-order chi connectivity index (χ1) is 18.2. The summed E-state index contributed by atoms with van der Waals surface area (Å²) in [6.07, 6.45) is 2.34. The minimum absolute atomic E-state index is 0.0851. The minimum Gasteiger partial charge on any atom is -0.491 e. The molecule has 0 unspecified atom stereocenters. The van der Waals surface area contributed by atoms with Gasteiger partial charge in [0, 0.05) is 50.7 Å². The average Bonchev–Trinajstić information content (AvgIpc) is 2.96. The number of piperazine rings is 1. The van der Waals surface area contributed by atoms with Crippen LogP contribution >= 0.6 is 0 Å². The van der Waals surface area contributed by atoms with Crippen molar-refractivity contribution in [2.24, 2.45) is 0 Å². The summed E-state index contributed by atoms with van der Waals surface area (Å²) in [7, 11) is 0. The molecule has 0 radical (unpaired) electrons. The van der Waals surface area contributed by atoms with Gasteiger partial charge in [0.15, 0.2) is 11.5 Å². The Morgan fingerprint density at radius 1 is 0.973 bits per heavy atom. The molecular formula is C28H31N5O4. The van der Waals surface area contributed by atoms with E-state index in [2.05, 4.69) is 44.0 Å². The molecule has 9 heteroatoms. The standard InChI is InChI=1S/C28H31N5O4/c34-28(32-22-14-20-2-4-23(15-25(20)37-18-22)33-9-7-29-8-10-33)21-3-6-27(31-17-21)30-16-19-1-5-24-26(13-19)36-12-11-35-24/h1-6,13,15,17,22,29H,7-12,14,16,18H2,(H,30,31)(H,32,34)/t22-/m1/s1. The number of hydrogen-bond donors (Lipinski definition) is 3. The lowest BCUT2D eigenvalue weighted by molar-refractivity contribution is 0.0915. The first-order valence-electron chi connectivity index (χ1n) is 12.8. The molecule has 3 aliphatic rings. The maximum atomic E-state index is 12.8. The number of carbonyl (C=O) groups is 1. The Bertz CT molecular complexity index is 1260. The molecule has 4 heterocycles. The third-order valence-corrected chi connectivity index (χ3v) is 6.88. The number of hydrogen-bond acceptors (Lipinski definition) is 8. The number of anilines is 2. The third-order valence-electron chi connectivity index (χ3n) is 6.88. The minimum atomic E-state index is -0.152. The maximum absolute atomic E-state index is 12.8. The summed E-state index contributed by atoms with van der Waals surface area (Å²) in [4.78, 5) is 19.6. The van der Waals surface area contributed by atoms with E-state index in [0.717, 1.165) is 61.0 Å². The highest BCUT2D eigenvalue weighted by Gasteiger charge is 2.23. The van der Waals surface area contributed by atoms with Crippen LogP contribution in [-0.2, 0) is 13.0 Å². The van der Waals surface area contributed by atoms with Crippen LogP contribution in [0.5, 0.6) is 17.2 Å². The fraction of sp³-hybridized carbons (Fsp3) is 0.357. The molecule has 1 aromatic heterocycles. The van der Waals surface area contributed by atoms with E-state index in [9.17, 15) is 4.79 Å². The molecule has 3 aliphatic heterocycles. The zero-order valence-corrected chi connectivity index (χ0v) is 20.7. The quantitative estimate of drug-likeness (QED) is 0.475. The molecule has 2 aromatic carbocycles. The lowest BCUT2D eigenvalue weighted by Gasteiger charge is -2.31. The molecule has 1 amide bonds. The van der Waals surface area contributed by atoms with Gasteiger partial charge in [-0.1, -0.05) is 12.1 Å². The second-order valence-electron chi connectivity index (χ2n) is 9.48. The van der Waals surface area contributed by atoms with Gasteiger partial charge in [-0.2, -0.15) is 0 Å². The summed E-state index contributed by atoms with van der Waals surface area (Å²) >= 11 is 0. The number of ether oxygens (including phenoxy) is 3. The number of nitrogens with one attached hydrogen (secondary N) is 3. The summed E-state index contributed by atoms with van der Waals surface area (Å²) in [5.74, 6) is 2.99. The Kier molecular flexibility index (Phi) is 6.68. The van der Waals surface area contributed by atoms with E-state index in [0.29, 0.717) is 37.7 Å². The molecule has 0 saturated carbocycles. The van der Waals surface area contributed by atoms with E-state index in [1.54, 1.807) is 12.3 Å². The van der Waals surface area contributed by atoms with Crippen LogP contribution in [0.1, 0.15) is 21.5 Å². The largest absolute Gasteiger partial charge is 0.491 e. The SMILES string of the molecule is O=C(N[C@H]1COc2cc(N3CCNCC3)ccc2C1)c1ccc(NCc2ccc3c(c2)OCCO3)nc1. The van der Waals surface area contributed by atoms with Crippen LogP contribution in [0, 0.1) is 0 Å². The summed E-state index contributed by atoms with van der Waals surface area (Å²) in [6.45, 7) is 6.17. The van der Waals surface area contributed by atoms with Crippen molar-refractivity contribution < 1.29 is 19.0 Å². The zero-order valence-electron chi connectivity index (χ0n) is 20.7. The van der Waals surface area contributed by atoms with Crippen molar-refractivity contribution in [2.45, 2.75) is 19.0 Å². The molecule has 3 aromatic rings. The Balaban J connectivity index is 1.02. The number of carbonyl (C=O) groups excluding carboxylic acids is 1. The second-order valence-corrected chi connectivity index (χ2v) is 9.48. The van der Waals surface area contributed by atoms with Gasteiger partial charge in [0.1, 0.15) is 31.4 Å². The molecule has 3 N–H and O–H groups in total. The number of nitrogens with zero attached hydrogens (tertiary/aromatic N) is 2. The molecular weight excluding hydrogens is 470 g/mol. The van der Waals surface area contributed by atoms with Gasteiger partial charge in [-0.3, -0.25) is 4.79 Å². The molecule has 1 atom stereocenters. The molecule has 0 spiro atoms. The van der Waals surface area contributed by atoms with Gasteiger partial charge in [0.05, 0.1) is 11.6 Å². The van der Waals surface area contributed by atoms with Crippen molar-refractivity contribution in [3.63, 3.8) is 0 Å². The summed E-state index contributed by atoms with van der Waals surface area (Å²) in [5, 5.41) is 9.76. The lowest BCUT2D eigenvalue weighted by Crippen LogP contribution is -2.44. The molecule has 37 heavy (non-hydrogen) atoms. The Morgan fingerprint density at radius 3 is 2.68 bits per heavy atom. The maximum Gasteiger partial charge on any atom is 0.253 e. The van der Waals surface area contributed by atoms with Gasteiger partial charge < -0.3 is 35.1 Å². The number of rotatable bonds is 6. The van der Waals surface area contributed by atoms with Crippen LogP contribution in [0.3, 0.4) is 0 Å². The zero-order chi connectivity index (χ0) is 25.0. The fourth-order valence-electron chi connectivity index (χ4n) is 4.87. The monoisotopic (exact) mass is 501 g/mol. The third kappa shape index (κ3) is 5.41. The molecule has 6 rings (SSSR count). The molecule has 0 aliphatic carbocycles. The van der Waals surface area contributed by atoms with Gasteiger partial charge in [0.2, 0.25) is 0 Å². The van der Waals surface area contributed by atoms with Crippen molar-refractivity contribution in [2.75, 3.05) is 56.2 Å². The topological polar surface area (TPSA) is 97.0 Å². The van der Waals surface area contributed by atoms with Gasteiger partial charge in [-0.05, 0) is 47.9 Å². The molecule has 1 saturated heterocycles. The van der Waals surface area contributed by atoms with E-state index < -0.39 is 0 Å². The molecule has 9 nitrogen and oxygen atoms in total. The molecule has 0 bridgehead atoms. The van der Waals surface area contributed by atoms with E-state index in [1.807, 2.05) is 24.3 Å². The van der Waals surface area contributed by atoms with Gasteiger partial charge in [-0.25, -0.2) is 4.98 Å². The smallest absolute Gasteiger partial charge is 0.253 e. The fourth-order valence-corrected chi connectivity index (χ4v) is 4.87. The van der Waals surface area contributed by atoms with Crippen molar-refractivity contribution in [1.82, 2.24) is 15.6 Å². The Labute approximate surface area is 216 Å². The number of fused-ring (bicyclic) bond motifs is 2. The number of aromatic nitrogens is 1. The summed E-state index contributed by atoms with van der Waals surface area (Å²) in [5.41, 5.74) is 3.89. The van der Waals surface area contributed by atoms with Crippen molar-refractivity contribution in [3.05, 3.63) is 71.4 Å². The highest BCUT2D eigenvalue weighted by atomic mass is 16.6. The highest BCUT2D eigenvalue weighted by molar-refractivity contribution is 5.94.